The third-order valence-electron chi connectivity index (χ3n) is 3.36. The Balaban J connectivity index is 2.19. The Morgan fingerprint density at radius 1 is 1.05 bits per heavy atom. The van der Waals surface area contributed by atoms with E-state index in [9.17, 15) is 14.9 Å². The van der Waals surface area contributed by atoms with Gasteiger partial charge >= 0.3 is 0 Å². The summed E-state index contributed by atoms with van der Waals surface area (Å²) in [5.74, 6) is -0.794. The number of imide groups is 1. The van der Waals surface area contributed by atoms with Gasteiger partial charge in [-0.2, -0.15) is 5.26 Å². The molecule has 0 radical (unpaired) electrons. The zero-order valence-electron chi connectivity index (χ0n) is 11.1. The number of anilines is 1. The summed E-state index contributed by atoms with van der Waals surface area (Å²) in [5, 5.41) is 9.19. The Morgan fingerprint density at radius 3 is 2.48 bits per heavy atom. The standard InChI is InChI=1S/C16H9BrN2O2/c1-9-2-5-12-13(6-9)16(21)19(15(12)20)14-7-11(17)4-3-10(14)8-18/h2-7H,1H3. The first-order valence-corrected chi connectivity index (χ1v) is 7.01. The molecule has 0 aromatic heterocycles. The van der Waals surface area contributed by atoms with E-state index in [0.717, 1.165) is 10.5 Å². The molecule has 0 bridgehead atoms. The molecule has 0 fully saturated rings. The lowest BCUT2D eigenvalue weighted by molar-refractivity contribution is 0.0926. The minimum Gasteiger partial charge on any atom is -0.268 e. The van der Waals surface area contributed by atoms with Crippen LogP contribution in [0.5, 0.6) is 0 Å². The Bertz CT molecular complexity index is 837. The molecule has 102 valence electrons. The van der Waals surface area contributed by atoms with Crippen molar-refractivity contribution < 1.29 is 9.59 Å². The van der Waals surface area contributed by atoms with Crippen LogP contribution in [-0.2, 0) is 0 Å². The van der Waals surface area contributed by atoms with Crippen LogP contribution in [0.4, 0.5) is 5.69 Å². The molecule has 0 atom stereocenters. The lowest BCUT2D eigenvalue weighted by Gasteiger charge is -2.15. The highest BCUT2D eigenvalue weighted by atomic mass is 79.9. The number of carbonyl (C=O) groups excluding carboxylic acids is 2. The molecule has 2 aromatic rings. The predicted molar refractivity (Wildman–Crippen MR) is 81.2 cm³/mol. The monoisotopic (exact) mass is 340 g/mol. The van der Waals surface area contributed by atoms with E-state index >= 15 is 0 Å². The fourth-order valence-electron chi connectivity index (χ4n) is 2.36. The normalized spacial score (nSPS) is 13.3. The summed E-state index contributed by atoms with van der Waals surface area (Å²) < 4.78 is 0.698. The first-order chi connectivity index (χ1) is 10.0. The molecule has 1 aliphatic heterocycles. The summed E-state index contributed by atoms with van der Waals surface area (Å²) in [4.78, 5) is 26.1. The average molecular weight is 341 g/mol. The first-order valence-electron chi connectivity index (χ1n) is 6.22. The van der Waals surface area contributed by atoms with E-state index in [0.29, 0.717) is 21.3 Å². The summed E-state index contributed by atoms with van der Waals surface area (Å²) >= 11 is 3.30. The van der Waals surface area contributed by atoms with Gasteiger partial charge in [0.25, 0.3) is 11.8 Å². The van der Waals surface area contributed by atoms with Crippen LogP contribution in [-0.4, -0.2) is 11.8 Å². The lowest BCUT2D eigenvalue weighted by Crippen LogP contribution is -2.30. The molecule has 21 heavy (non-hydrogen) atoms. The van der Waals surface area contributed by atoms with Crippen molar-refractivity contribution in [2.24, 2.45) is 0 Å². The maximum absolute atomic E-state index is 12.5. The van der Waals surface area contributed by atoms with E-state index in [2.05, 4.69) is 15.9 Å². The van der Waals surface area contributed by atoms with Crippen LogP contribution in [0.2, 0.25) is 0 Å². The van der Waals surface area contributed by atoms with Crippen LogP contribution in [0.1, 0.15) is 31.8 Å². The molecule has 1 aliphatic rings. The van der Waals surface area contributed by atoms with Gasteiger partial charge in [0.15, 0.2) is 0 Å². The summed E-state index contributed by atoms with van der Waals surface area (Å²) in [6.07, 6.45) is 0. The maximum atomic E-state index is 12.5. The van der Waals surface area contributed by atoms with E-state index in [-0.39, 0.29) is 5.56 Å². The fraction of sp³-hybridized carbons (Fsp3) is 0.0625. The highest BCUT2D eigenvalue weighted by Gasteiger charge is 2.37. The zero-order chi connectivity index (χ0) is 15.1. The smallest absolute Gasteiger partial charge is 0.266 e. The third-order valence-corrected chi connectivity index (χ3v) is 3.86. The molecule has 4 nitrogen and oxygen atoms in total. The molecule has 1 heterocycles. The van der Waals surface area contributed by atoms with Crippen molar-refractivity contribution in [3.8, 4) is 6.07 Å². The van der Waals surface area contributed by atoms with E-state index in [1.165, 1.54) is 0 Å². The quantitative estimate of drug-likeness (QED) is 0.747. The van der Waals surface area contributed by atoms with Gasteiger partial charge in [-0.25, -0.2) is 4.90 Å². The maximum Gasteiger partial charge on any atom is 0.266 e. The van der Waals surface area contributed by atoms with Crippen LogP contribution >= 0.6 is 15.9 Å². The van der Waals surface area contributed by atoms with Crippen LogP contribution in [0.25, 0.3) is 0 Å². The van der Waals surface area contributed by atoms with Gasteiger partial charge in [0.2, 0.25) is 0 Å². The van der Waals surface area contributed by atoms with Crippen LogP contribution in [0.3, 0.4) is 0 Å². The Morgan fingerprint density at radius 2 is 1.76 bits per heavy atom. The van der Waals surface area contributed by atoms with Crippen LogP contribution in [0.15, 0.2) is 40.9 Å². The number of fused-ring (bicyclic) bond motifs is 1. The summed E-state index contributed by atoms with van der Waals surface area (Å²) in [5.41, 5.74) is 2.24. The van der Waals surface area contributed by atoms with Crippen molar-refractivity contribution in [2.75, 3.05) is 4.90 Å². The van der Waals surface area contributed by atoms with Crippen molar-refractivity contribution in [1.29, 1.82) is 5.26 Å². The predicted octanol–water partition coefficient (Wildman–Crippen LogP) is 3.43. The summed E-state index contributed by atoms with van der Waals surface area (Å²) in [6, 6.07) is 12.0. The average Bonchev–Trinajstić information content (AvgIpc) is 2.70. The highest BCUT2D eigenvalue weighted by Crippen LogP contribution is 2.32. The molecule has 0 saturated heterocycles. The fourth-order valence-corrected chi connectivity index (χ4v) is 2.71. The number of hydrogen-bond donors (Lipinski definition) is 0. The van der Waals surface area contributed by atoms with Crippen molar-refractivity contribution in [3.63, 3.8) is 0 Å². The van der Waals surface area contributed by atoms with Gasteiger partial charge in [-0.05, 0) is 37.3 Å². The third kappa shape index (κ3) is 2.05. The number of halogens is 1. The Hall–Kier alpha value is -2.45. The van der Waals surface area contributed by atoms with Crippen molar-refractivity contribution >= 4 is 33.4 Å². The van der Waals surface area contributed by atoms with Gasteiger partial charge in [0.05, 0.1) is 22.4 Å². The highest BCUT2D eigenvalue weighted by molar-refractivity contribution is 9.10. The number of nitriles is 1. The second-order valence-corrected chi connectivity index (χ2v) is 5.68. The molecule has 3 rings (SSSR count). The molecule has 0 spiro atoms. The van der Waals surface area contributed by atoms with Gasteiger partial charge < -0.3 is 0 Å². The van der Waals surface area contributed by atoms with E-state index < -0.39 is 11.8 Å². The number of rotatable bonds is 1. The molecule has 0 unspecified atom stereocenters. The number of benzene rings is 2. The second kappa shape index (κ2) is 4.83. The summed E-state index contributed by atoms with van der Waals surface area (Å²) in [7, 11) is 0. The first kappa shape index (κ1) is 13.5. The van der Waals surface area contributed by atoms with Gasteiger partial charge in [0, 0.05) is 4.47 Å². The number of hydrogen-bond acceptors (Lipinski definition) is 3. The Labute approximate surface area is 129 Å². The van der Waals surface area contributed by atoms with Crippen molar-refractivity contribution in [3.05, 3.63) is 63.1 Å². The van der Waals surface area contributed by atoms with Crippen LogP contribution in [0, 0.1) is 18.3 Å². The zero-order valence-corrected chi connectivity index (χ0v) is 12.6. The molecule has 0 N–H and O–H groups in total. The van der Waals surface area contributed by atoms with E-state index in [1.807, 2.05) is 13.0 Å². The lowest BCUT2D eigenvalue weighted by atomic mass is 10.1. The molecular weight excluding hydrogens is 332 g/mol. The SMILES string of the molecule is Cc1ccc2c(c1)C(=O)N(c1cc(Br)ccc1C#N)C2=O. The van der Waals surface area contributed by atoms with Crippen molar-refractivity contribution in [2.45, 2.75) is 6.92 Å². The number of nitrogens with zero attached hydrogens (tertiary/aromatic N) is 2. The summed E-state index contributed by atoms with van der Waals surface area (Å²) in [6.45, 7) is 1.86. The Kier molecular flexibility index (Phi) is 3.11. The van der Waals surface area contributed by atoms with Gasteiger partial charge in [0.1, 0.15) is 6.07 Å². The molecular formula is C16H9BrN2O2. The molecule has 2 aromatic carbocycles. The number of carbonyl (C=O) groups is 2. The van der Waals surface area contributed by atoms with Gasteiger partial charge in [-0.1, -0.05) is 27.6 Å². The molecule has 0 saturated carbocycles. The van der Waals surface area contributed by atoms with Crippen molar-refractivity contribution in [1.82, 2.24) is 0 Å². The van der Waals surface area contributed by atoms with E-state index in [4.69, 9.17) is 0 Å². The van der Waals surface area contributed by atoms with Gasteiger partial charge in [-0.3, -0.25) is 9.59 Å². The van der Waals surface area contributed by atoms with Gasteiger partial charge in [-0.15, -0.1) is 0 Å². The molecule has 2 amide bonds. The topological polar surface area (TPSA) is 61.2 Å². The number of aryl methyl sites for hydroxylation is 1. The minimum atomic E-state index is -0.399. The molecule has 5 heteroatoms. The van der Waals surface area contributed by atoms with E-state index in [1.54, 1.807) is 36.4 Å². The second-order valence-electron chi connectivity index (χ2n) is 4.77. The molecule has 0 aliphatic carbocycles. The van der Waals surface area contributed by atoms with Crippen LogP contribution < -0.4 is 4.90 Å². The minimum absolute atomic E-state index is 0.282. The number of amides is 2. The largest absolute Gasteiger partial charge is 0.268 e.